The highest BCUT2D eigenvalue weighted by atomic mass is 32.1. The molecule has 1 aromatic heterocycles. The molecule has 1 aliphatic carbocycles. The third-order valence-corrected chi connectivity index (χ3v) is 7.62. The first-order valence-electron chi connectivity index (χ1n) is 11.5. The predicted molar refractivity (Wildman–Crippen MR) is 128 cm³/mol. The Bertz CT molecular complexity index is 779. The molecule has 1 saturated carbocycles. The van der Waals surface area contributed by atoms with Crippen molar-refractivity contribution in [2.24, 2.45) is 0 Å². The fourth-order valence-electron chi connectivity index (χ4n) is 4.45. The SMILES string of the molecule is CC(=N)c1cc(C(=O)NCCC(=O)N(C)C2CCN(C)CC2)sc1NC1CCCCC1. The number of nitrogens with one attached hydrogen (secondary N) is 3. The van der Waals surface area contributed by atoms with Gasteiger partial charge in [-0.1, -0.05) is 19.3 Å². The predicted octanol–water partition coefficient (Wildman–Crippen LogP) is 3.55. The van der Waals surface area contributed by atoms with Crippen LogP contribution < -0.4 is 10.6 Å². The number of rotatable bonds is 8. The van der Waals surface area contributed by atoms with E-state index >= 15 is 0 Å². The Morgan fingerprint density at radius 3 is 2.52 bits per heavy atom. The minimum Gasteiger partial charge on any atom is -0.374 e. The second-order valence-corrected chi connectivity index (χ2v) is 10.1. The van der Waals surface area contributed by atoms with Gasteiger partial charge in [0.15, 0.2) is 0 Å². The maximum absolute atomic E-state index is 12.7. The number of nitrogens with zero attached hydrogens (tertiary/aromatic N) is 2. The lowest BCUT2D eigenvalue weighted by Crippen LogP contribution is -2.45. The normalized spacial score (nSPS) is 18.5. The highest BCUT2D eigenvalue weighted by Gasteiger charge is 2.24. The lowest BCUT2D eigenvalue weighted by Gasteiger charge is -2.35. The van der Waals surface area contributed by atoms with E-state index in [1.807, 2.05) is 11.9 Å². The Morgan fingerprint density at radius 1 is 1.19 bits per heavy atom. The van der Waals surface area contributed by atoms with E-state index in [4.69, 9.17) is 5.41 Å². The molecule has 1 aromatic rings. The van der Waals surface area contributed by atoms with Crippen LogP contribution in [0.5, 0.6) is 0 Å². The molecule has 1 saturated heterocycles. The fraction of sp³-hybridized carbons (Fsp3) is 0.696. The summed E-state index contributed by atoms with van der Waals surface area (Å²) in [6, 6.07) is 2.53. The summed E-state index contributed by atoms with van der Waals surface area (Å²) in [6.45, 7) is 4.12. The van der Waals surface area contributed by atoms with Crippen molar-refractivity contribution in [1.82, 2.24) is 15.1 Å². The molecule has 8 heteroatoms. The third kappa shape index (κ3) is 6.53. The topological polar surface area (TPSA) is 88.5 Å². The fourth-order valence-corrected chi connectivity index (χ4v) is 5.56. The van der Waals surface area contributed by atoms with E-state index < -0.39 is 0 Å². The molecule has 1 aliphatic heterocycles. The maximum Gasteiger partial charge on any atom is 0.261 e. The van der Waals surface area contributed by atoms with Crippen molar-refractivity contribution in [3.8, 4) is 0 Å². The highest BCUT2D eigenvalue weighted by molar-refractivity contribution is 7.18. The molecule has 0 aromatic carbocycles. The Hall–Kier alpha value is -1.93. The summed E-state index contributed by atoms with van der Waals surface area (Å²) in [5, 5.41) is 15.5. The monoisotopic (exact) mass is 447 g/mol. The second-order valence-electron chi connectivity index (χ2n) is 9.00. The van der Waals surface area contributed by atoms with Crippen LogP contribution in [0.3, 0.4) is 0 Å². The molecule has 2 aliphatic rings. The lowest BCUT2D eigenvalue weighted by molar-refractivity contribution is -0.132. The number of hydrogen-bond acceptors (Lipinski definition) is 6. The lowest BCUT2D eigenvalue weighted by atomic mass is 9.95. The molecule has 0 radical (unpaired) electrons. The van der Waals surface area contributed by atoms with Gasteiger partial charge in [0.25, 0.3) is 5.91 Å². The van der Waals surface area contributed by atoms with Gasteiger partial charge in [0.2, 0.25) is 5.91 Å². The highest BCUT2D eigenvalue weighted by Crippen LogP contribution is 2.31. The average molecular weight is 448 g/mol. The maximum atomic E-state index is 12.7. The smallest absolute Gasteiger partial charge is 0.261 e. The van der Waals surface area contributed by atoms with Crippen LogP contribution >= 0.6 is 11.3 Å². The number of anilines is 1. The standard InChI is InChI=1S/C23H37N5O2S/c1-16(24)19-15-20(31-23(19)26-17-7-5-4-6-8-17)22(30)25-12-9-21(29)28(3)18-10-13-27(2)14-11-18/h15,17-18,24,26H,4-14H2,1-3H3,(H,25,30). The minimum atomic E-state index is -0.168. The Balaban J connectivity index is 1.51. The summed E-state index contributed by atoms with van der Waals surface area (Å²) >= 11 is 1.41. The first-order valence-corrected chi connectivity index (χ1v) is 12.3. The van der Waals surface area contributed by atoms with Gasteiger partial charge in [-0.2, -0.15) is 0 Å². The zero-order valence-electron chi connectivity index (χ0n) is 19.1. The Morgan fingerprint density at radius 2 is 1.87 bits per heavy atom. The zero-order valence-corrected chi connectivity index (χ0v) is 19.9. The summed E-state index contributed by atoms with van der Waals surface area (Å²) in [5.74, 6) is -0.0874. The number of carbonyl (C=O) groups is 2. The molecule has 172 valence electrons. The Kier molecular flexibility index (Phi) is 8.49. The van der Waals surface area contributed by atoms with Gasteiger partial charge >= 0.3 is 0 Å². The van der Waals surface area contributed by atoms with Crippen LogP contribution in [0, 0.1) is 5.41 Å². The van der Waals surface area contributed by atoms with Gasteiger partial charge < -0.3 is 25.8 Å². The molecule has 2 amide bonds. The van der Waals surface area contributed by atoms with E-state index in [-0.39, 0.29) is 11.8 Å². The van der Waals surface area contributed by atoms with Crippen molar-refractivity contribution in [1.29, 1.82) is 5.41 Å². The first-order chi connectivity index (χ1) is 14.8. The van der Waals surface area contributed by atoms with Crippen LogP contribution in [-0.4, -0.2) is 73.1 Å². The summed E-state index contributed by atoms with van der Waals surface area (Å²) in [7, 11) is 3.99. The molecule has 2 heterocycles. The van der Waals surface area contributed by atoms with Gasteiger partial charge in [0, 0.05) is 43.4 Å². The first kappa shape index (κ1) is 23.7. The van der Waals surface area contributed by atoms with Gasteiger partial charge in [-0.05, 0) is 58.8 Å². The van der Waals surface area contributed by atoms with Crippen LogP contribution in [0.1, 0.15) is 73.5 Å². The van der Waals surface area contributed by atoms with Crippen LogP contribution in [0.2, 0.25) is 0 Å². The van der Waals surface area contributed by atoms with Crippen molar-refractivity contribution in [2.45, 2.75) is 70.4 Å². The van der Waals surface area contributed by atoms with Crippen LogP contribution in [0.25, 0.3) is 0 Å². The van der Waals surface area contributed by atoms with E-state index in [1.165, 1.54) is 30.6 Å². The number of hydrogen-bond donors (Lipinski definition) is 3. The molecule has 2 fully saturated rings. The molecule has 0 bridgehead atoms. The van der Waals surface area contributed by atoms with Gasteiger partial charge in [0.1, 0.15) is 0 Å². The van der Waals surface area contributed by atoms with E-state index in [1.54, 1.807) is 13.0 Å². The van der Waals surface area contributed by atoms with E-state index in [0.29, 0.717) is 35.6 Å². The largest absolute Gasteiger partial charge is 0.374 e. The second kappa shape index (κ2) is 11.1. The molecule has 31 heavy (non-hydrogen) atoms. The Labute approximate surface area is 190 Å². The molecule has 0 atom stereocenters. The van der Waals surface area contributed by atoms with Crippen LogP contribution in [-0.2, 0) is 4.79 Å². The number of thiophene rings is 1. The molecular weight excluding hydrogens is 410 g/mol. The quantitative estimate of drug-likeness (QED) is 0.532. The number of carbonyl (C=O) groups excluding carboxylic acids is 2. The van der Waals surface area contributed by atoms with Crippen molar-refractivity contribution >= 4 is 33.9 Å². The third-order valence-electron chi connectivity index (χ3n) is 6.55. The number of likely N-dealkylation sites (tertiary alicyclic amines) is 1. The van der Waals surface area contributed by atoms with Crippen LogP contribution in [0.4, 0.5) is 5.00 Å². The molecule has 3 rings (SSSR count). The van der Waals surface area contributed by atoms with E-state index in [2.05, 4.69) is 22.6 Å². The molecule has 0 unspecified atom stereocenters. The summed E-state index contributed by atoms with van der Waals surface area (Å²) in [4.78, 5) is 30.0. The summed E-state index contributed by atoms with van der Waals surface area (Å²) in [5.41, 5.74) is 1.27. The van der Waals surface area contributed by atoms with Crippen molar-refractivity contribution in [3.05, 3.63) is 16.5 Å². The molecule has 0 spiro atoms. The van der Waals surface area contributed by atoms with Gasteiger partial charge in [-0.3, -0.25) is 9.59 Å². The van der Waals surface area contributed by atoms with Crippen molar-refractivity contribution in [3.63, 3.8) is 0 Å². The molecule has 3 N–H and O–H groups in total. The van der Waals surface area contributed by atoms with Gasteiger partial charge in [-0.25, -0.2) is 0 Å². The molecular formula is C23H37N5O2S. The summed E-state index contributed by atoms with van der Waals surface area (Å²) < 4.78 is 0. The minimum absolute atomic E-state index is 0.0803. The van der Waals surface area contributed by atoms with Gasteiger partial charge in [0.05, 0.1) is 9.88 Å². The van der Waals surface area contributed by atoms with Gasteiger partial charge in [-0.15, -0.1) is 11.3 Å². The number of amides is 2. The number of piperidine rings is 1. The van der Waals surface area contributed by atoms with Crippen molar-refractivity contribution in [2.75, 3.05) is 39.0 Å². The van der Waals surface area contributed by atoms with Crippen molar-refractivity contribution < 1.29 is 9.59 Å². The van der Waals surface area contributed by atoms with E-state index in [0.717, 1.165) is 49.3 Å². The zero-order chi connectivity index (χ0) is 22.4. The summed E-state index contributed by atoms with van der Waals surface area (Å²) in [6.07, 6.45) is 8.35. The van der Waals surface area contributed by atoms with Crippen LogP contribution in [0.15, 0.2) is 6.07 Å². The van der Waals surface area contributed by atoms with E-state index in [9.17, 15) is 9.59 Å². The average Bonchev–Trinajstić information content (AvgIpc) is 3.18. The molecule has 7 nitrogen and oxygen atoms in total.